The number of methoxy groups -OCH3 is 1. The number of nitro groups is 1. The van der Waals surface area contributed by atoms with E-state index >= 15 is 0 Å². The molecule has 0 aliphatic heterocycles. The van der Waals surface area contributed by atoms with E-state index in [9.17, 15) is 23.3 Å². The Balaban J connectivity index is 5.95. The van der Waals surface area contributed by atoms with Crippen molar-refractivity contribution in [1.29, 1.82) is 5.41 Å². The number of halogens is 3. The normalized spacial score (nSPS) is 14.7. The van der Waals surface area contributed by atoms with Gasteiger partial charge < -0.3 is 26.4 Å². The Kier molecular flexibility index (Phi) is 8.88. The molecule has 9 nitrogen and oxygen atoms in total. The minimum atomic E-state index is -2.82. The van der Waals surface area contributed by atoms with Crippen LogP contribution in [0.1, 0.15) is 6.42 Å². The second kappa shape index (κ2) is 10.1. The third kappa shape index (κ3) is 7.46. The standard InChI is InChI=1S/C13H21F3N6O3/c1-21(2)11(17)4-7(13(19)25-3)8(5-10(14)15)20-6-9(12(16)18)22(23)24/h4,6,8,10,18,20H,5,17,19H2,1-3H3/b9-6+,11-4+,13-7-,18-12?. The van der Waals surface area contributed by atoms with Gasteiger partial charge in [0.05, 0.1) is 30.1 Å². The van der Waals surface area contributed by atoms with Crippen molar-refractivity contribution in [3.63, 3.8) is 0 Å². The fourth-order valence-corrected chi connectivity index (χ4v) is 1.59. The van der Waals surface area contributed by atoms with E-state index in [0.29, 0.717) is 6.20 Å². The number of rotatable bonds is 10. The molecule has 0 aromatic heterocycles. The Morgan fingerprint density at radius 2 is 2.00 bits per heavy atom. The number of nitrogens with two attached hydrogens (primary N) is 2. The highest BCUT2D eigenvalue weighted by Crippen LogP contribution is 2.18. The predicted octanol–water partition coefficient (Wildman–Crippen LogP) is 0.843. The van der Waals surface area contributed by atoms with Crippen LogP contribution in [0.3, 0.4) is 0 Å². The molecule has 12 heteroatoms. The van der Waals surface area contributed by atoms with Crippen LogP contribution in [0, 0.1) is 15.5 Å². The molecule has 0 aromatic rings. The molecule has 0 saturated carbocycles. The highest BCUT2D eigenvalue weighted by molar-refractivity contribution is 5.87. The van der Waals surface area contributed by atoms with Crippen LogP contribution < -0.4 is 16.8 Å². The molecule has 0 rings (SSSR count). The van der Waals surface area contributed by atoms with Gasteiger partial charge in [0, 0.05) is 26.1 Å². The molecule has 142 valence electrons. The van der Waals surface area contributed by atoms with E-state index < -0.39 is 35.5 Å². The summed E-state index contributed by atoms with van der Waals surface area (Å²) in [7, 11) is 4.39. The zero-order chi connectivity index (χ0) is 19.7. The number of nitrogens with zero attached hydrogens (tertiary/aromatic N) is 2. The van der Waals surface area contributed by atoms with Gasteiger partial charge in [-0.05, 0) is 6.08 Å². The van der Waals surface area contributed by atoms with Crippen LogP contribution in [-0.4, -0.2) is 49.5 Å². The van der Waals surface area contributed by atoms with Gasteiger partial charge in [0.25, 0.3) is 5.97 Å². The second-order valence-electron chi connectivity index (χ2n) is 4.93. The Morgan fingerprint density at radius 3 is 2.36 bits per heavy atom. The van der Waals surface area contributed by atoms with Gasteiger partial charge in [-0.1, -0.05) is 0 Å². The summed E-state index contributed by atoms with van der Waals surface area (Å²) < 4.78 is 43.4. The van der Waals surface area contributed by atoms with Gasteiger partial charge in [-0.15, -0.1) is 0 Å². The Morgan fingerprint density at radius 1 is 1.44 bits per heavy atom. The molecule has 0 spiro atoms. The van der Waals surface area contributed by atoms with Gasteiger partial charge in [-0.25, -0.2) is 8.78 Å². The topological polar surface area (TPSA) is 144 Å². The average molecular weight is 366 g/mol. The summed E-state index contributed by atoms with van der Waals surface area (Å²) in [4.78, 5) is 11.0. The molecule has 0 fully saturated rings. The zero-order valence-electron chi connectivity index (χ0n) is 13.9. The summed E-state index contributed by atoms with van der Waals surface area (Å²) in [6.45, 7) is 0. The second-order valence-corrected chi connectivity index (χ2v) is 4.93. The molecular weight excluding hydrogens is 345 g/mol. The lowest BCUT2D eigenvalue weighted by molar-refractivity contribution is -0.416. The maximum atomic E-state index is 12.9. The maximum absolute atomic E-state index is 12.9. The van der Waals surface area contributed by atoms with Crippen molar-refractivity contribution in [2.45, 2.75) is 18.9 Å². The van der Waals surface area contributed by atoms with Crippen LogP contribution in [0.25, 0.3) is 0 Å². The van der Waals surface area contributed by atoms with Gasteiger partial charge in [-0.2, -0.15) is 4.39 Å². The van der Waals surface area contributed by atoms with Crippen molar-refractivity contribution in [3.05, 3.63) is 45.4 Å². The minimum absolute atomic E-state index is 0.0154. The summed E-state index contributed by atoms with van der Waals surface area (Å²) in [6, 6.07) is -1.28. The third-order valence-electron chi connectivity index (χ3n) is 2.96. The van der Waals surface area contributed by atoms with E-state index in [4.69, 9.17) is 21.6 Å². The molecule has 25 heavy (non-hydrogen) atoms. The molecule has 0 bridgehead atoms. The van der Waals surface area contributed by atoms with Crippen LogP contribution in [0.5, 0.6) is 0 Å². The highest BCUT2D eigenvalue weighted by atomic mass is 19.3. The number of hydrogen-bond acceptors (Lipinski definition) is 8. The number of nitrogens with one attached hydrogen (secondary N) is 2. The van der Waals surface area contributed by atoms with Crippen molar-refractivity contribution in [1.82, 2.24) is 10.2 Å². The summed E-state index contributed by atoms with van der Waals surface area (Å²) in [6.07, 6.45) is -1.88. The number of allylic oxidation sites excluding steroid dienone is 1. The molecule has 0 aliphatic rings. The van der Waals surface area contributed by atoms with Crippen LogP contribution in [0.4, 0.5) is 13.2 Å². The first-order valence-corrected chi connectivity index (χ1v) is 6.82. The Labute approximate surface area is 142 Å². The summed E-state index contributed by atoms with van der Waals surface area (Å²) in [5.74, 6) is -1.94. The SMILES string of the molecule is CO/C(N)=C(/C=C(\N)N(C)C)C(CC(F)F)N/C=C(\C(=N)F)[N+](=O)[O-]. The van der Waals surface area contributed by atoms with Gasteiger partial charge in [-0.3, -0.25) is 15.5 Å². The van der Waals surface area contributed by atoms with Crippen molar-refractivity contribution >= 4 is 5.97 Å². The van der Waals surface area contributed by atoms with Crippen molar-refractivity contribution in [2.75, 3.05) is 21.2 Å². The number of alkyl halides is 2. The molecule has 1 unspecified atom stereocenters. The van der Waals surface area contributed by atoms with E-state index in [1.165, 1.54) is 18.1 Å². The van der Waals surface area contributed by atoms with Gasteiger partial charge in [0.1, 0.15) is 0 Å². The van der Waals surface area contributed by atoms with Gasteiger partial charge in [0.15, 0.2) is 5.88 Å². The van der Waals surface area contributed by atoms with Crippen LogP contribution in [-0.2, 0) is 4.74 Å². The smallest absolute Gasteiger partial charge is 0.338 e. The van der Waals surface area contributed by atoms with Crippen molar-refractivity contribution < 1.29 is 22.8 Å². The molecule has 0 radical (unpaired) electrons. The molecule has 0 saturated heterocycles. The van der Waals surface area contributed by atoms with E-state index in [2.05, 4.69) is 5.32 Å². The molecule has 6 N–H and O–H groups in total. The molecule has 0 aliphatic carbocycles. The Hall–Kier alpha value is -2.92. The lowest BCUT2D eigenvalue weighted by atomic mass is 10.0. The van der Waals surface area contributed by atoms with E-state index in [0.717, 1.165) is 0 Å². The maximum Gasteiger partial charge on any atom is 0.338 e. The van der Waals surface area contributed by atoms with E-state index in [1.807, 2.05) is 0 Å². The van der Waals surface area contributed by atoms with Crippen LogP contribution in [0.15, 0.2) is 35.3 Å². The quantitative estimate of drug-likeness (QED) is 0.147. The van der Waals surface area contributed by atoms with E-state index in [-0.39, 0.29) is 17.3 Å². The summed E-state index contributed by atoms with van der Waals surface area (Å²) in [5, 5.41) is 19.6. The fourth-order valence-electron chi connectivity index (χ4n) is 1.59. The minimum Gasteiger partial charge on any atom is -0.482 e. The fraction of sp³-hybridized carbons (Fsp3) is 0.462. The molecule has 0 aromatic carbocycles. The number of ether oxygens (including phenoxy) is 1. The van der Waals surface area contributed by atoms with Gasteiger partial charge in [0.2, 0.25) is 6.43 Å². The highest BCUT2D eigenvalue weighted by Gasteiger charge is 2.24. The first-order valence-electron chi connectivity index (χ1n) is 6.82. The van der Waals surface area contributed by atoms with Crippen molar-refractivity contribution in [2.24, 2.45) is 11.5 Å². The van der Waals surface area contributed by atoms with Gasteiger partial charge >= 0.3 is 5.70 Å². The lowest BCUT2D eigenvalue weighted by Gasteiger charge is -2.22. The first kappa shape index (κ1) is 22.1. The lowest BCUT2D eigenvalue weighted by Crippen LogP contribution is -2.33. The summed E-state index contributed by atoms with van der Waals surface area (Å²) in [5.41, 5.74) is 10.2. The number of hydrogen-bond donors (Lipinski definition) is 4. The predicted molar refractivity (Wildman–Crippen MR) is 85.6 cm³/mol. The monoisotopic (exact) mass is 366 g/mol. The zero-order valence-corrected chi connectivity index (χ0v) is 13.9. The summed E-state index contributed by atoms with van der Waals surface area (Å²) >= 11 is 0. The van der Waals surface area contributed by atoms with E-state index in [1.54, 1.807) is 14.1 Å². The molecular formula is C13H21F3N6O3. The largest absolute Gasteiger partial charge is 0.482 e. The molecule has 0 heterocycles. The third-order valence-corrected chi connectivity index (χ3v) is 2.96. The Bertz CT molecular complexity index is 574. The average Bonchev–Trinajstić information content (AvgIpc) is 2.49. The van der Waals surface area contributed by atoms with Crippen LogP contribution in [0.2, 0.25) is 0 Å². The van der Waals surface area contributed by atoms with Crippen molar-refractivity contribution in [3.8, 4) is 0 Å². The van der Waals surface area contributed by atoms with Crippen LogP contribution >= 0.6 is 0 Å². The molecule has 0 amide bonds. The molecule has 1 atom stereocenters. The first-order chi connectivity index (χ1) is 11.5.